The van der Waals surface area contributed by atoms with Gasteiger partial charge in [0.25, 0.3) is 5.03 Å². The van der Waals surface area contributed by atoms with Crippen LogP contribution in [0.4, 0.5) is 5.69 Å². The van der Waals surface area contributed by atoms with Gasteiger partial charge in [0.05, 0.1) is 5.75 Å². The van der Waals surface area contributed by atoms with E-state index in [1.54, 1.807) is 30.3 Å². The molecule has 0 bridgehead atoms. The van der Waals surface area contributed by atoms with Gasteiger partial charge in [-0.05, 0) is 42.1 Å². The molecule has 1 aliphatic rings. The number of phenols is 1. The number of amides is 1. The number of nitrogens with zero attached hydrogens (tertiary/aromatic N) is 3. The van der Waals surface area contributed by atoms with Crippen LogP contribution in [0.3, 0.4) is 0 Å². The summed E-state index contributed by atoms with van der Waals surface area (Å²) >= 11 is 1.27. The minimum atomic E-state index is 0.0502. The van der Waals surface area contributed by atoms with E-state index in [-0.39, 0.29) is 17.4 Å². The maximum atomic E-state index is 12.3. The number of benzene rings is 1. The van der Waals surface area contributed by atoms with Gasteiger partial charge in [-0.2, -0.15) is 4.73 Å². The lowest BCUT2D eigenvalue weighted by Crippen LogP contribution is -2.49. The van der Waals surface area contributed by atoms with Crippen molar-refractivity contribution in [2.45, 2.75) is 5.03 Å². The Morgan fingerprint density at radius 3 is 2.50 bits per heavy atom. The average molecular weight is 345 g/mol. The molecule has 2 aromatic rings. The normalized spacial score (nSPS) is 14.7. The van der Waals surface area contributed by atoms with Gasteiger partial charge < -0.3 is 20.1 Å². The Hall–Kier alpha value is -2.41. The summed E-state index contributed by atoms with van der Waals surface area (Å²) in [4.78, 5) is 16.3. The van der Waals surface area contributed by atoms with E-state index >= 15 is 0 Å². The summed E-state index contributed by atoms with van der Waals surface area (Å²) in [5.41, 5.74) is 1.05. The highest BCUT2D eigenvalue weighted by Gasteiger charge is 2.22. The van der Waals surface area contributed by atoms with Gasteiger partial charge in [-0.1, -0.05) is 0 Å². The second kappa shape index (κ2) is 7.44. The fourth-order valence-electron chi connectivity index (χ4n) is 2.63. The fraction of sp³-hybridized carbons (Fsp3) is 0.294. The van der Waals surface area contributed by atoms with Gasteiger partial charge in [0.15, 0.2) is 6.20 Å². The molecule has 24 heavy (non-hydrogen) atoms. The lowest BCUT2D eigenvalue weighted by molar-refractivity contribution is -0.645. The summed E-state index contributed by atoms with van der Waals surface area (Å²) in [5, 5.41) is 21.5. The smallest absolute Gasteiger partial charge is 0.251 e. The lowest BCUT2D eigenvalue weighted by Gasteiger charge is -2.36. The van der Waals surface area contributed by atoms with Crippen molar-refractivity contribution in [3.05, 3.63) is 53.9 Å². The molecule has 126 valence electrons. The lowest BCUT2D eigenvalue weighted by atomic mass is 10.2. The molecule has 2 heterocycles. The number of pyridine rings is 1. The Labute approximate surface area is 144 Å². The van der Waals surface area contributed by atoms with E-state index in [1.807, 2.05) is 17.0 Å². The van der Waals surface area contributed by atoms with Crippen molar-refractivity contribution in [1.82, 2.24) is 4.90 Å². The first-order valence-electron chi connectivity index (χ1n) is 7.76. The van der Waals surface area contributed by atoms with E-state index in [2.05, 4.69) is 4.90 Å². The number of carbonyl (C=O) groups is 1. The van der Waals surface area contributed by atoms with Crippen LogP contribution in [0.15, 0.2) is 53.7 Å². The van der Waals surface area contributed by atoms with Crippen LogP contribution in [-0.4, -0.2) is 47.8 Å². The Morgan fingerprint density at radius 1 is 1.12 bits per heavy atom. The van der Waals surface area contributed by atoms with Crippen molar-refractivity contribution in [3.8, 4) is 5.75 Å². The monoisotopic (exact) mass is 345 g/mol. The van der Waals surface area contributed by atoms with E-state index in [4.69, 9.17) is 0 Å². The number of aromatic hydroxyl groups is 1. The zero-order valence-corrected chi connectivity index (χ0v) is 14.0. The first kappa shape index (κ1) is 16.4. The van der Waals surface area contributed by atoms with Gasteiger partial charge in [-0.3, -0.25) is 4.79 Å². The highest BCUT2D eigenvalue weighted by Crippen LogP contribution is 2.20. The van der Waals surface area contributed by atoms with Crippen LogP contribution in [0.5, 0.6) is 5.75 Å². The van der Waals surface area contributed by atoms with E-state index in [0.29, 0.717) is 18.1 Å². The zero-order valence-electron chi connectivity index (χ0n) is 13.2. The molecule has 6 nitrogen and oxygen atoms in total. The van der Waals surface area contributed by atoms with Crippen molar-refractivity contribution in [1.29, 1.82) is 0 Å². The van der Waals surface area contributed by atoms with Crippen LogP contribution in [-0.2, 0) is 4.79 Å². The third-order valence-electron chi connectivity index (χ3n) is 3.98. The predicted molar refractivity (Wildman–Crippen MR) is 93.0 cm³/mol. The molecule has 1 aliphatic heterocycles. The maximum absolute atomic E-state index is 12.3. The molecule has 3 rings (SSSR count). The molecule has 0 atom stereocenters. The number of hydrogen-bond donors (Lipinski definition) is 1. The SMILES string of the molecule is O=C(CSc1cccc[n+]1[O-])N1CCN(c2ccc(O)cc2)CC1. The number of hydrogen-bond acceptors (Lipinski definition) is 5. The summed E-state index contributed by atoms with van der Waals surface area (Å²) in [7, 11) is 0. The highest BCUT2D eigenvalue weighted by atomic mass is 32.2. The first-order chi connectivity index (χ1) is 11.6. The molecule has 1 aromatic heterocycles. The number of piperazine rings is 1. The van der Waals surface area contributed by atoms with E-state index in [9.17, 15) is 15.1 Å². The molecule has 7 heteroatoms. The summed E-state index contributed by atoms with van der Waals surface area (Å²) < 4.78 is 0.778. The van der Waals surface area contributed by atoms with Crippen molar-refractivity contribution in [3.63, 3.8) is 0 Å². The van der Waals surface area contributed by atoms with Gasteiger partial charge in [-0.25, -0.2) is 0 Å². The zero-order chi connectivity index (χ0) is 16.9. The van der Waals surface area contributed by atoms with Crippen molar-refractivity contribution in [2.24, 2.45) is 0 Å². The average Bonchev–Trinajstić information content (AvgIpc) is 2.62. The third kappa shape index (κ3) is 3.91. The number of carbonyl (C=O) groups excluding carboxylic acids is 1. The van der Waals surface area contributed by atoms with Crippen LogP contribution in [0, 0.1) is 5.21 Å². The molecule has 0 spiro atoms. The summed E-state index contributed by atoms with van der Waals surface area (Å²) in [6.07, 6.45) is 1.43. The number of rotatable bonds is 4. The van der Waals surface area contributed by atoms with Crippen LogP contribution in [0.2, 0.25) is 0 Å². The number of anilines is 1. The highest BCUT2D eigenvalue weighted by molar-refractivity contribution is 7.99. The summed E-state index contributed by atoms with van der Waals surface area (Å²) in [6.45, 7) is 2.83. The first-order valence-corrected chi connectivity index (χ1v) is 8.75. The molecular formula is C17H19N3O3S. The quantitative estimate of drug-likeness (QED) is 0.516. The predicted octanol–water partition coefficient (Wildman–Crippen LogP) is 1.47. The summed E-state index contributed by atoms with van der Waals surface area (Å²) in [6, 6.07) is 12.3. The van der Waals surface area contributed by atoms with E-state index in [1.165, 1.54) is 18.0 Å². The number of thioether (sulfide) groups is 1. The molecule has 1 fully saturated rings. The topological polar surface area (TPSA) is 70.7 Å². The van der Waals surface area contributed by atoms with Gasteiger partial charge in [0.2, 0.25) is 5.91 Å². The molecule has 1 saturated heterocycles. The fourth-order valence-corrected chi connectivity index (χ4v) is 3.45. The number of phenolic OH excluding ortho intramolecular Hbond substituents is 1. The molecule has 0 radical (unpaired) electrons. The molecule has 1 N–H and O–H groups in total. The van der Waals surface area contributed by atoms with Crippen LogP contribution in [0.25, 0.3) is 0 Å². The van der Waals surface area contributed by atoms with Gasteiger partial charge in [-0.15, -0.1) is 0 Å². The van der Waals surface area contributed by atoms with E-state index < -0.39 is 0 Å². The maximum Gasteiger partial charge on any atom is 0.251 e. The van der Waals surface area contributed by atoms with Gasteiger partial charge >= 0.3 is 0 Å². The Bertz CT molecular complexity index is 700. The minimum absolute atomic E-state index is 0.0502. The minimum Gasteiger partial charge on any atom is -0.618 e. The molecular weight excluding hydrogens is 326 g/mol. The van der Waals surface area contributed by atoms with Crippen LogP contribution >= 0.6 is 11.8 Å². The Kier molecular flexibility index (Phi) is 5.10. The molecule has 0 saturated carbocycles. The van der Waals surface area contributed by atoms with Crippen molar-refractivity contribution in [2.75, 3.05) is 36.8 Å². The van der Waals surface area contributed by atoms with Crippen molar-refractivity contribution < 1.29 is 14.6 Å². The van der Waals surface area contributed by atoms with Crippen molar-refractivity contribution >= 4 is 23.4 Å². The van der Waals surface area contributed by atoms with E-state index in [0.717, 1.165) is 23.5 Å². The Balaban J connectivity index is 1.50. The van der Waals surface area contributed by atoms with Gasteiger partial charge in [0.1, 0.15) is 5.75 Å². The molecule has 1 aromatic carbocycles. The molecule has 0 aliphatic carbocycles. The van der Waals surface area contributed by atoms with Gasteiger partial charge in [0, 0.05) is 44.0 Å². The second-order valence-electron chi connectivity index (χ2n) is 5.54. The standard InChI is InChI=1S/C17H19N3O3S/c21-15-6-4-14(5-7-15)18-9-11-19(12-10-18)16(22)13-24-17-3-1-2-8-20(17)23/h1-8,21H,9-13H2. The molecule has 0 unspecified atom stereocenters. The van der Waals surface area contributed by atoms with Crippen LogP contribution < -0.4 is 9.63 Å². The van der Waals surface area contributed by atoms with Crippen LogP contribution in [0.1, 0.15) is 0 Å². The largest absolute Gasteiger partial charge is 0.618 e. The third-order valence-corrected chi connectivity index (χ3v) is 4.98. The summed E-state index contributed by atoms with van der Waals surface area (Å²) in [5.74, 6) is 0.571. The molecule has 1 amide bonds. The second-order valence-corrected chi connectivity index (χ2v) is 6.53. The number of aromatic nitrogens is 1. The Morgan fingerprint density at radius 2 is 1.83 bits per heavy atom.